The van der Waals surface area contributed by atoms with Crippen LogP contribution in [-0.4, -0.2) is 19.3 Å². The van der Waals surface area contributed by atoms with Crippen LogP contribution in [0.15, 0.2) is 34.8 Å². The Morgan fingerprint density at radius 2 is 2.16 bits per heavy atom. The predicted octanol–water partition coefficient (Wildman–Crippen LogP) is 1.35. The summed E-state index contributed by atoms with van der Waals surface area (Å²) in [5, 5.41) is 7.72. The first-order chi connectivity index (χ1) is 8.88. The second-order valence-electron chi connectivity index (χ2n) is 3.84. The summed E-state index contributed by atoms with van der Waals surface area (Å²) in [4.78, 5) is 16.1. The number of nitrogens with one attached hydrogen (secondary N) is 1. The van der Waals surface area contributed by atoms with E-state index in [0.717, 1.165) is 0 Å². The number of sulfonamides is 1. The van der Waals surface area contributed by atoms with E-state index in [0.29, 0.717) is 16.1 Å². The Bertz CT molecular complexity index is 709. The van der Waals surface area contributed by atoms with Gasteiger partial charge in [0.05, 0.1) is 16.6 Å². The molecule has 1 aromatic heterocycles. The molecular weight excluding hydrogens is 286 g/mol. The highest BCUT2D eigenvalue weighted by atomic mass is 32.2. The summed E-state index contributed by atoms with van der Waals surface area (Å²) < 4.78 is 22.4. The molecule has 0 bridgehead atoms. The molecule has 1 aromatic carbocycles. The molecule has 0 aliphatic carbocycles. The first kappa shape index (κ1) is 13.7. The largest absolute Gasteiger partial charge is 0.321 e. The van der Waals surface area contributed by atoms with Gasteiger partial charge >= 0.3 is 0 Å². The van der Waals surface area contributed by atoms with Crippen molar-refractivity contribution in [2.45, 2.75) is 11.8 Å². The number of thiazole rings is 1. The molecule has 0 fully saturated rings. The van der Waals surface area contributed by atoms with E-state index in [1.165, 1.54) is 35.7 Å². The third kappa shape index (κ3) is 3.16. The molecule has 1 heterocycles. The maximum absolute atomic E-state index is 11.8. The maximum Gasteiger partial charge on any atom is 0.267 e. The Kier molecular flexibility index (Phi) is 3.65. The lowest BCUT2D eigenvalue weighted by molar-refractivity contribution is 0.103. The fourth-order valence-electron chi connectivity index (χ4n) is 1.47. The van der Waals surface area contributed by atoms with Gasteiger partial charge in [0.2, 0.25) is 10.0 Å². The van der Waals surface area contributed by atoms with Crippen LogP contribution in [-0.2, 0) is 10.0 Å². The van der Waals surface area contributed by atoms with E-state index < -0.39 is 10.0 Å². The van der Waals surface area contributed by atoms with Crippen LogP contribution in [0, 0.1) is 6.92 Å². The highest BCUT2D eigenvalue weighted by Crippen LogP contribution is 2.20. The van der Waals surface area contributed by atoms with Gasteiger partial charge in [0, 0.05) is 5.69 Å². The van der Waals surface area contributed by atoms with Crippen molar-refractivity contribution in [3.05, 3.63) is 40.3 Å². The summed E-state index contributed by atoms with van der Waals surface area (Å²) in [6.07, 6.45) is 1.47. The number of benzene rings is 1. The number of aryl methyl sites for hydroxylation is 1. The standard InChI is InChI=1S/C11H11N3O3S2/c1-7-4-8(19(12,16)17)2-3-9(7)14-11(15)10-5-13-6-18-10/h2-6H,1H3,(H,14,15)(H2,12,16,17). The van der Waals surface area contributed by atoms with Crippen LogP contribution in [0.3, 0.4) is 0 Å². The molecule has 0 unspecified atom stereocenters. The van der Waals surface area contributed by atoms with E-state index in [9.17, 15) is 13.2 Å². The number of hydrogen-bond acceptors (Lipinski definition) is 5. The fraction of sp³-hybridized carbons (Fsp3) is 0.0909. The van der Waals surface area contributed by atoms with Crippen LogP contribution in [0.1, 0.15) is 15.2 Å². The van der Waals surface area contributed by atoms with Gasteiger partial charge in [0.15, 0.2) is 0 Å². The molecular formula is C11H11N3O3S2. The summed E-state index contributed by atoms with van der Waals surface area (Å²) in [6, 6.07) is 4.27. The molecule has 6 nitrogen and oxygen atoms in total. The minimum absolute atomic E-state index is 0.0146. The molecule has 0 radical (unpaired) electrons. The minimum Gasteiger partial charge on any atom is -0.321 e. The molecule has 1 amide bonds. The molecule has 100 valence electrons. The SMILES string of the molecule is Cc1cc(S(N)(=O)=O)ccc1NC(=O)c1cncs1. The molecule has 0 saturated carbocycles. The molecule has 3 N–H and O–H groups in total. The van der Waals surface area contributed by atoms with Crippen LogP contribution in [0.2, 0.25) is 0 Å². The first-order valence-electron chi connectivity index (χ1n) is 5.21. The quantitative estimate of drug-likeness (QED) is 0.892. The second-order valence-corrected chi connectivity index (χ2v) is 6.29. The number of amides is 1. The van der Waals surface area contributed by atoms with Crippen LogP contribution in [0.4, 0.5) is 5.69 Å². The van der Waals surface area contributed by atoms with Crippen molar-refractivity contribution < 1.29 is 13.2 Å². The number of carbonyl (C=O) groups excluding carboxylic acids is 1. The van der Waals surface area contributed by atoms with Gasteiger partial charge in [-0.2, -0.15) is 0 Å². The van der Waals surface area contributed by atoms with Gasteiger partial charge in [-0.05, 0) is 30.7 Å². The van der Waals surface area contributed by atoms with Gasteiger partial charge in [-0.25, -0.2) is 13.6 Å². The lowest BCUT2D eigenvalue weighted by atomic mass is 10.2. The molecule has 2 aromatic rings. The highest BCUT2D eigenvalue weighted by molar-refractivity contribution is 7.89. The van der Waals surface area contributed by atoms with Crippen LogP contribution < -0.4 is 10.5 Å². The number of anilines is 1. The number of hydrogen-bond donors (Lipinski definition) is 2. The Morgan fingerprint density at radius 3 is 2.68 bits per heavy atom. The molecule has 8 heteroatoms. The van der Waals surface area contributed by atoms with Gasteiger partial charge in [-0.1, -0.05) is 0 Å². The van der Waals surface area contributed by atoms with Crippen LogP contribution in [0.25, 0.3) is 0 Å². The van der Waals surface area contributed by atoms with Crippen molar-refractivity contribution in [2.75, 3.05) is 5.32 Å². The Morgan fingerprint density at radius 1 is 1.42 bits per heavy atom. The third-order valence-corrected chi connectivity index (χ3v) is 4.11. The lowest BCUT2D eigenvalue weighted by Gasteiger charge is -2.08. The lowest BCUT2D eigenvalue weighted by Crippen LogP contribution is -2.14. The smallest absolute Gasteiger partial charge is 0.267 e. The molecule has 0 aliphatic heterocycles. The van der Waals surface area contributed by atoms with Gasteiger partial charge in [0.25, 0.3) is 5.91 Å². The number of primary sulfonamides is 1. The van der Waals surface area contributed by atoms with Gasteiger partial charge in [-0.15, -0.1) is 11.3 Å². The van der Waals surface area contributed by atoms with Crippen molar-refractivity contribution in [1.29, 1.82) is 0 Å². The summed E-state index contributed by atoms with van der Waals surface area (Å²) in [7, 11) is -3.73. The predicted molar refractivity (Wildman–Crippen MR) is 72.6 cm³/mol. The zero-order valence-electron chi connectivity index (χ0n) is 9.95. The summed E-state index contributed by atoms with van der Waals surface area (Å²) >= 11 is 1.22. The summed E-state index contributed by atoms with van der Waals surface area (Å²) in [5.74, 6) is -0.283. The minimum atomic E-state index is -3.73. The van der Waals surface area contributed by atoms with Crippen molar-refractivity contribution in [3.63, 3.8) is 0 Å². The number of carbonyl (C=O) groups is 1. The van der Waals surface area contributed by atoms with Crippen molar-refractivity contribution in [3.8, 4) is 0 Å². The van der Waals surface area contributed by atoms with E-state index in [1.807, 2.05) is 0 Å². The average molecular weight is 297 g/mol. The summed E-state index contributed by atoms with van der Waals surface area (Å²) in [6.45, 7) is 1.69. The van der Waals surface area contributed by atoms with Crippen LogP contribution in [0.5, 0.6) is 0 Å². The van der Waals surface area contributed by atoms with E-state index >= 15 is 0 Å². The van der Waals surface area contributed by atoms with Crippen LogP contribution >= 0.6 is 11.3 Å². The normalized spacial score (nSPS) is 11.3. The van der Waals surface area contributed by atoms with E-state index in [-0.39, 0.29) is 10.8 Å². The van der Waals surface area contributed by atoms with Crippen molar-refractivity contribution in [1.82, 2.24) is 4.98 Å². The molecule has 0 atom stereocenters. The number of aromatic nitrogens is 1. The molecule has 2 rings (SSSR count). The number of nitrogens with two attached hydrogens (primary N) is 1. The molecule has 0 saturated heterocycles. The Labute approximate surface area is 114 Å². The first-order valence-corrected chi connectivity index (χ1v) is 7.64. The van der Waals surface area contributed by atoms with E-state index in [2.05, 4.69) is 10.3 Å². The topological polar surface area (TPSA) is 102 Å². The van der Waals surface area contributed by atoms with E-state index in [1.54, 1.807) is 12.4 Å². The zero-order valence-corrected chi connectivity index (χ0v) is 11.6. The maximum atomic E-state index is 11.8. The van der Waals surface area contributed by atoms with Gasteiger partial charge in [-0.3, -0.25) is 9.78 Å². The Balaban J connectivity index is 2.25. The summed E-state index contributed by atoms with van der Waals surface area (Å²) in [5.41, 5.74) is 2.71. The number of nitrogens with zero attached hydrogens (tertiary/aromatic N) is 1. The van der Waals surface area contributed by atoms with Crippen molar-refractivity contribution in [2.24, 2.45) is 5.14 Å². The fourth-order valence-corrected chi connectivity index (χ4v) is 2.58. The van der Waals surface area contributed by atoms with Gasteiger partial charge in [0.1, 0.15) is 4.88 Å². The Hall–Kier alpha value is -1.77. The third-order valence-electron chi connectivity index (χ3n) is 2.43. The monoisotopic (exact) mass is 297 g/mol. The zero-order chi connectivity index (χ0) is 14.0. The second kappa shape index (κ2) is 5.08. The molecule has 0 aliphatic rings. The molecule has 0 spiro atoms. The average Bonchev–Trinajstić information content (AvgIpc) is 2.84. The number of rotatable bonds is 3. The van der Waals surface area contributed by atoms with Crippen molar-refractivity contribution >= 4 is 33.0 Å². The highest BCUT2D eigenvalue weighted by Gasteiger charge is 2.12. The van der Waals surface area contributed by atoms with Gasteiger partial charge < -0.3 is 5.32 Å². The molecule has 19 heavy (non-hydrogen) atoms. The van der Waals surface area contributed by atoms with E-state index in [4.69, 9.17) is 5.14 Å².